The van der Waals surface area contributed by atoms with Crippen LogP contribution in [0.1, 0.15) is 20.8 Å². The summed E-state index contributed by atoms with van der Waals surface area (Å²) in [6.45, 7) is 5.53. The van der Waals surface area contributed by atoms with Crippen LogP contribution >= 0.6 is 0 Å². The van der Waals surface area contributed by atoms with Crippen molar-refractivity contribution in [2.45, 2.75) is 26.3 Å². The van der Waals surface area contributed by atoms with Crippen LogP contribution < -0.4 is 5.32 Å². The van der Waals surface area contributed by atoms with Gasteiger partial charge in [-0.2, -0.15) is 0 Å². The maximum absolute atomic E-state index is 11.8. The first-order chi connectivity index (χ1) is 7.93. The molecule has 1 saturated heterocycles. The van der Waals surface area contributed by atoms with Crippen LogP contribution in [0.5, 0.6) is 0 Å². The van der Waals surface area contributed by atoms with Crippen LogP contribution in [0.25, 0.3) is 0 Å². The first-order valence-corrected chi connectivity index (χ1v) is 5.65. The van der Waals surface area contributed by atoms with Crippen LogP contribution in [0.4, 0.5) is 4.79 Å². The van der Waals surface area contributed by atoms with Gasteiger partial charge in [0.2, 0.25) is 0 Å². The lowest BCUT2D eigenvalue weighted by Crippen LogP contribution is -2.43. The molecule has 3 amide bonds. The molecule has 0 radical (unpaired) electrons. The molecule has 17 heavy (non-hydrogen) atoms. The minimum atomic E-state index is -0.839. The molecule has 1 aliphatic carbocycles. The summed E-state index contributed by atoms with van der Waals surface area (Å²) in [5.74, 6) is 0.0614. The summed E-state index contributed by atoms with van der Waals surface area (Å²) in [5, 5.41) is 2.34. The van der Waals surface area contributed by atoms with Crippen molar-refractivity contribution < 1.29 is 9.59 Å². The highest BCUT2D eigenvalue weighted by molar-refractivity contribution is 6.07. The summed E-state index contributed by atoms with van der Waals surface area (Å²) in [6, 6.07) is -0.362. The smallest absolute Gasteiger partial charge is 0.279 e. The van der Waals surface area contributed by atoms with Crippen LogP contribution in [-0.2, 0) is 4.79 Å². The molecule has 0 aromatic heterocycles. The van der Waals surface area contributed by atoms with E-state index in [1.165, 1.54) is 4.90 Å². The molecular weight excluding hydrogens is 216 g/mol. The summed E-state index contributed by atoms with van der Waals surface area (Å²) >= 11 is 0. The van der Waals surface area contributed by atoms with E-state index in [4.69, 9.17) is 0 Å². The second-order valence-electron chi connectivity index (χ2n) is 4.85. The summed E-state index contributed by atoms with van der Waals surface area (Å²) < 4.78 is 0. The highest BCUT2D eigenvalue weighted by atomic mass is 16.2. The molecule has 1 aliphatic heterocycles. The molecular formula is C13H16N2O2. The van der Waals surface area contributed by atoms with Crippen molar-refractivity contribution in [3.8, 4) is 0 Å². The molecule has 2 aliphatic rings. The van der Waals surface area contributed by atoms with E-state index in [-0.39, 0.29) is 11.9 Å². The summed E-state index contributed by atoms with van der Waals surface area (Å²) in [4.78, 5) is 24.9. The zero-order chi connectivity index (χ0) is 12.6. The van der Waals surface area contributed by atoms with Gasteiger partial charge in [0.25, 0.3) is 5.91 Å². The molecule has 1 unspecified atom stereocenters. The van der Waals surface area contributed by atoms with E-state index in [1.807, 2.05) is 30.4 Å². The van der Waals surface area contributed by atoms with Gasteiger partial charge in [0, 0.05) is 5.70 Å². The summed E-state index contributed by atoms with van der Waals surface area (Å²) in [6.07, 6.45) is 9.67. The number of nitrogens with zero attached hydrogens (tertiary/aromatic N) is 1. The van der Waals surface area contributed by atoms with E-state index in [0.717, 1.165) is 5.70 Å². The molecule has 0 aromatic carbocycles. The average molecular weight is 232 g/mol. The second-order valence-corrected chi connectivity index (χ2v) is 4.85. The summed E-state index contributed by atoms with van der Waals surface area (Å²) in [5.41, 5.74) is -0.103. The van der Waals surface area contributed by atoms with Gasteiger partial charge in [0.15, 0.2) is 0 Å². The van der Waals surface area contributed by atoms with Crippen molar-refractivity contribution in [1.82, 2.24) is 10.2 Å². The topological polar surface area (TPSA) is 49.4 Å². The largest absolute Gasteiger partial charge is 0.329 e. The minimum absolute atomic E-state index is 0.266. The minimum Gasteiger partial charge on any atom is -0.279 e. The number of allylic oxidation sites excluding steroid dienone is 5. The number of carbonyl (C=O) groups excluding carboxylic acids is 2. The molecule has 4 nitrogen and oxygen atoms in total. The number of urea groups is 1. The predicted octanol–water partition coefficient (Wildman–Crippen LogP) is 1.96. The van der Waals surface area contributed by atoms with E-state index >= 15 is 0 Å². The molecule has 90 valence electrons. The average Bonchev–Trinajstić information content (AvgIpc) is 2.42. The molecule has 2 rings (SSSR count). The van der Waals surface area contributed by atoms with Crippen molar-refractivity contribution in [2.75, 3.05) is 0 Å². The van der Waals surface area contributed by atoms with Gasteiger partial charge >= 0.3 is 6.03 Å². The van der Waals surface area contributed by atoms with Gasteiger partial charge in [-0.1, -0.05) is 25.2 Å². The van der Waals surface area contributed by atoms with Gasteiger partial charge < -0.3 is 0 Å². The maximum Gasteiger partial charge on any atom is 0.329 e. The molecule has 1 N–H and O–H groups in total. The molecule has 1 atom stereocenters. The van der Waals surface area contributed by atoms with Crippen molar-refractivity contribution in [3.63, 3.8) is 0 Å². The zero-order valence-corrected chi connectivity index (χ0v) is 10.2. The van der Waals surface area contributed by atoms with Crippen molar-refractivity contribution in [3.05, 3.63) is 36.1 Å². The van der Waals surface area contributed by atoms with Gasteiger partial charge in [-0.15, -0.1) is 0 Å². The first-order valence-electron chi connectivity index (χ1n) is 5.65. The monoisotopic (exact) mass is 232 g/mol. The SMILES string of the molecule is CC1C=CC=C(N2C(=O)NC(=O)C2(C)C)C=C1. The number of hydrogen-bond acceptors (Lipinski definition) is 2. The van der Waals surface area contributed by atoms with Crippen molar-refractivity contribution in [2.24, 2.45) is 5.92 Å². The molecule has 1 fully saturated rings. The molecule has 0 spiro atoms. The summed E-state index contributed by atoms with van der Waals surface area (Å²) in [7, 11) is 0. The molecule has 4 heteroatoms. The molecule has 1 heterocycles. The Labute approximate surface area is 101 Å². The van der Waals surface area contributed by atoms with E-state index < -0.39 is 5.54 Å². The van der Waals surface area contributed by atoms with Crippen LogP contribution in [0, 0.1) is 5.92 Å². The first kappa shape index (κ1) is 11.6. The highest BCUT2D eigenvalue weighted by Gasteiger charge is 2.46. The maximum atomic E-state index is 11.8. The zero-order valence-electron chi connectivity index (χ0n) is 10.2. The Hall–Kier alpha value is -1.84. The fraction of sp³-hybridized carbons (Fsp3) is 0.385. The number of imide groups is 1. The number of nitrogens with one attached hydrogen (secondary N) is 1. The highest BCUT2D eigenvalue weighted by Crippen LogP contribution is 2.27. The third-order valence-corrected chi connectivity index (χ3v) is 3.05. The third-order valence-electron chi connectivity index (χ3n) is 3.05. The van der Waals surface area contributed by atoms with Gasteiger partial charge in [0.1, 0.15) is 5.54 Å². The normalized spacial score (nSPS) is 26.9. The quantitative estimate of drug-likeness (QED) is 0.703. The third kappa shape index (κ3) is 1.90. The van der Waals surface area contributed by atoms with Gasteiger partial charge in [-0.25, -0.2) is 4.79 Å². The van der Waals surface area contributed by atoms with Gasteiger partial charge in [-0.05, 0) is 31.9 Å². The lowest BCUT2D eigenvalue weighted by atomic mass is 10.0. The Balaban J connectivity index is 2.38. The second kappa shape index (κ2) is 3.87. The fourth-order valence-corrected chi connectivity index (χ4v) is 1.95. The Kier molecular flexibility index (Phi) is 2.65. The lowest BCUT2D eigenvalue weighted by molar-refractivity contribution is -0.124. The van der Waals surface area contributed by atoms with E-state index in [0.29, 0.717) is 5.92 Å². The van der Waals surface area contributed by atoms with Crippen LogP contribution in [-0.4, -0.2) is 22.4 Å². The number of hydrogen-bond donors (Lipinski definition) is 1. The van der Waals surface area contributed by atoms with Crippen molar-refractivity contribution in [1.29, 1.82) is 0 Å². The van der Waals surface area contributed by atoms with Crippen LogP contribution in [0.3, 0.4) is 0 Å². The Bertz CT molecular complexity index is 458. The lowest BCUT2D eigenvalue weighted by Gasteiger charge is -2.28. The number of amides is 3. The fourth-order valence-electron chi connectivity index (χ4n) is 1.95. The van der Waals surface area contributed by atoms with E-state index in [9.17, 15) is 9.59 Å². The molecule has 0 bridgehead atoms. The van der Waals surface area contributed by atoms with Crippen LogP contribution in [0.2, 0.25) is 0 Å². The van der Waals surface area contributed by atoms with Gasteiger partial charge in [0.05, 0.1) is 0 Å². The van der Waals surface area contributed by atoms with Crippen molar-refractivity contribution >= 4 is 11.9 Å². The number of rotatable bonds is 1. The standard InChI is InChI=1S/C13H16N2O2/c1-9-5-4-6-10(8-7-9)15-12(17)14-11(16)13(15,2)3/h4-9H,1-3H3,(H,14,16,17). The Morgan fingerprint density at radius 2 is 2.00 bits per heavy atom. The number of carbonyl (C=O) groups is 2. The van der Waals surface area contributed by atoms with Crippen LogP contribution in [0.15, 0.2) is 36.1 Å². The Morgan fingerprint density at radius 3 is 2.59 bits per heavy atom. The Morgan fingerprint density at radius 1 is 1.29 bits per heavy atom. The molecule has 0 aromatic rings. The molecule has 0 saturated carbocycles. The van der Waals surface area contributed by atoms with E-state index in [2.05, 4.69) is 12.2 Å². The predicted molar refractivity (Wildman–Crippen MR) is 65.0 cm³/mol. The van der Waals surface area contributed by atoms with Gasteiger partial charge in [-0.3, -0.25) is 15.0 Å². The van der Waals surface area contributed by atoms with E-state index in [1.54, 1.807) is 13.8 Å².